The third kappa shape index (κ3) is 30.6. The zero-order valence-corrected chi connectivity index (χ0v) is 27.1. The van der Waals surface area contributed by atoms with E-state index in [4.69, 9.17) is 9.84 Å². The van der Waals surface area contributed by atoms with Gasteiger partial charge in [0.15, 0.2) is 0 Å². The van der Waals surface area contributed by atoms with E-state index in [0.717, 1.165) is 70.6 Å². The first-order chi connectivity index (χ1) is 20.5. The van der Waals surface area contributed by atoms with E-state index >= 15 is 0 Å². The van der Waals surface area contributed by atoms with Crippen molar-refractivity contribution < 1.29 is 24.2 Å². The second-order valence-electron chi connectivity index (χ2n) is 11.4. The number of nitrogens with one attached hydrogen (secondary N) is 1. The smallest absolute Gasteiger partial charge is 0.322 e. The summed E-state index contributed by atoms with van der Waals surface area (Å²) in [6, 6.07) is 0. The van der Waals surface area contributed by atoms with Gasteiger partial charge in [0.25, 0.3) is 0 Å². The van der Waals surface area contributed by atoms with Gasteiger partial charge in [0, 0.05) is 12.8 Å². The molecule has 6 nitrogen and oxygen atoms in total. The number of carboxylic acids is 1. The van der Waals surface area contributed by atoms with Crippen molar-refractivity contribution in [2.75, 3.05) is 6.54 Å². The molecule has 6 heteroatoms. The zero-order valence-electron chi connectivity index (χ0n) is 27.1. The summed E-state index contributed by atoms with van der Waals surface area (Å²) in [5.74, 6) is -1.35. The summed E-state index contributed by atoms with van der Waals surface area (Å²) in [4.78, 5) is 34.7. The standard InChI is InChI=1S/C36H63NO5/c1-3-5-7-9-11-12-13-14-15-16-17-18-19-21-27-31-36(41)42-33(28-24-20-10-8-6-4-2)29-25-22-23-26-30-34(38)37-32-35(39)40/h11-12,14-15,24,28,33H,3-10,13,16-23,25-27,29-32H2,1-2H3,(H,37,38)(H,39,40)/b12-11-,15-14-,28-24-. The average Bonchev–Trinajstić information content (AvgIpc) is 2.97. The van der Waals surface area contributed by atoms with Crippen LogP contribution in [0.4, 0.5) is 0 Å². The predicted molar refractivity (Wildman–Crippen MR) is 175 cm³/mol. The van der Waals surface area contributed by atoms with E-state index in [9.17, 15) is 14.4 Å². The lowest BCUT2D eigenvalue weighted by atomic mass is 10.1. The Morgan fingerprint density at radius 3 is 1.83 bits per heavy atom. The number of carboxylic acid groups (broad SMARTS) is 1. The number of carbonyl (C=O) groups excluding carboxylic acids is 2. The Labute approximate surface area is 257 Å². The van der Waals surface area contributed by atoms with Crippen molar-refractivity contribution in [3.05, 3.63) is 36.5 Å². The molecule has 0 spiro atoms. The molecule has 1 atom stereocenters. The van der Waals surface area contributed by atoms with Gasteiger partial charge in [-0.25, -0.2) is 0 Å². The van der Waals surface area contributed by atoms with Crippen LogP contribution in [0.5, 0.6) is 0 Å². The van der Waals surface area contributed by atoms with Gasteiger partial charge in [-0.1, -0.05) is 108 Å². The normalized spacial score (nSPS) is 12.4. The molecule has 0 saturated carbocycles. The van der Waals surface area contributed by atoms with Gasteiger partial charge in [0.2, 0.25) is 5.91 Å². The van der Waals surface area contributed by atoms with E-state index in [1.165, 1.54) is 64.2 Å². The molecule has 0 fully saturated rings. The molecule has 2 N–H and O–H groups in total. The number of esters is 1. The maximum atomic E-state index is 12.5. The summed E-state index contributed by atoms with van der Waals surface area (Å²) in [5, 5.41) is 11.0. The minimum atomic E-state index is -1.03. The van der Waals surface area contributed by atoms with Crippen LogP contribution in [0.3, 0.4) is 0 Å². The molecule has 0 aliphatic rings. The van der Waals surface area contributed by atoms with Crippen LogP contribution < -0.4 is 5.32 Å². The Balaban J connectivity index is 4.11. The van der Waals surface area contributed by atoms with Crippen molar-refractivity contribution in [2.24, 2.45) is 0 Å². The third-order valence-corrected chi connectivity index (χ3v) is 7.27. The van der Waals surface area contributed by atoms with Crippen molar-refractivity contribution in [1.29, 1.82) is 0 Å². The van der Waals surface area contributed by atoms with Crippen LogP contribution in [-0.2, 0) is 19.1 Å². The molecule has 242 valence electrons. The van der Waals surface area contributed by atoms with Crippen LogP contribution in [0, 0.1) is 0 Å². The van der Waals surface area contributed by atoms with Gasteiger partial charge in [0.1, 0.15) is 12.6 Å². The van der Waals surface area contributed by atoms with Crippen LogP contribution in [0.2, 0.25) is 0 Å². The highest BCUT2D eigenvalue weighted by Crippen LogP contribution is 2.15. The minimum Gasteiger partial charge on any atom is -0.480 e. The molecule has 1 amide bonds. The molecule has 0 aromatic carbocycles. The second kappa shape index (κ2) is 31.6. The number of ether oxygens (including phenoxy) is 1. The Kier molecular flexibility index (Phi) is 29.8. The highest BCUT2D eigenvalue weighted by atomic mass is 16.5. The van der Waals surface area contributed by atoms with Crippen LogP contribution in [0.15, 0.2) is 36.5 Å². The number of unbranched alkanes of at least 4 members (excludes halogenated alkanes) is 15. The van der Waals surface area contributed by atoms with Gasteiger partial charge in [0.05, 0.1) is 0 Å². The van der Waals surface area contributed by atoms with E-state index in [2.05, 4.69) is 55.6 Å². The highest BCUT2D eigenvalue weighted by Gasteiger charge is 2.12. The molecule has 0 aliphatic heterocycles. The Bertz CT molecular complexity index is 743. The van der Waals surface area contributed by atoms with E-state index < -0.39 is 5.97 Å². The summed E-state index contributed by atoms with van der Waals surface area (Å²) in [5.41, 5.74) is 0. The number of rotatable bonds is 30. The number of allylic oxidation sites excluding steroid dienone is 5. The lowest BCUT2D eigenvalue weighted by Crippen LogP contribution is -2.28. The quantitative estimate of drug-likeness (QED) is 0.0494. The average molecular weight is 590 g/mol. The molecule has 0 aromatic heterocycles. The van der Waals surface area contributed by atoms with Gasteiger partial charge >= 0.3 is 11.9 Å². The number of hydrogen-bond donors (Lipinski definition) is 2. The molecule has 0 saturated heterocycles. The maximum Gasteiger partial charge on any atom is 0.322 e. The van der Waals surface area contributed by atoms with Gasteiger partial charge in [-0.05, 0) is 76.7 Å². The van der Waals surface area contributed by atoms with Gasteiger partial charge in [-0.15, -0.1) is 0 Å². The molecule has 1 unspecified atom stereocenters. The number of aliphatic carboxylic acids is 1. The SMILES string of the molecule is CCCCC/C=C\C/C=C\CCCCCCCC(=O)OC(/C=C\CCCCCC)CCCCCCC(=O)NCC(=O)O. The van der Waals surface area contributed by atoms with E-state index in [1.54, 1.807) is 0 Å². The summed E-state index contributed by atoms with van der Waals surface area (Å²) in [7, 11) is 0. The topological polar surface area (TPSA) is 92.7 Å². The highest BCUT2D eigenvalue weighted by molar-refractivity contribution is 5.80. The Morgan fingerprint density at radius 2 is 1.17 bits per heavy atom. The maximum absolute atomic E-state index is 12.5. The molecule has 0 aromatic rings. The summed E-state index contributed by atoms with van der Waals surface area (Å²) in [6.45, 7) is 4.12. The van der Waals surface area contributed by atoms with Gasteiger partial charge < -0.3 is 15.2 Å². The molecule has 42 heavy (non-hydrogen) atoms. The lowest BCUT2D eigenvalue weighted by molar-refractivity contribution is -0.147. The van der Waals surface area contributed by atoms with Gasteiger partial charge in [-0.2, -0.15) is 0 Å². The fourth-order valence-electron chi connectivity index (χ4n) is 4.69. The molecule has 0 rings (SSSR count). The van der Waals surface area contributed by atoms with Crippen LogP contribution in [0.1, 0.15) is 162 Å². The Hall–Kier alpha value is -2.37. The van der Waals surface area contributed by atoms with Crippen molar-refractivity contribution in [3.8, 4) is 0 Å². The molecule has 0 aliphatic carbocycles. The van der Waals surface area contributed by atoms with Crippen molar-refractivity contribution >= 4 is 17.8 Å². The van der Waals surface area contributed by atoms with E-state index in [-0.39, 0.29) is 24.5 Å². The van der Waals surface area contributed by atoms with Crippen LogP contribution in [0.25, 0.3) is 0 Å². The molecular formula is C36H63NO5. The summed E-state index contributed by atoms with van der Waals surface area (Å²) >= 11 is 0. The lowest BCUT2D eigenvalue weighted by Gasteiger charge is -2.15. The zero-order chi connectivity index (χ0) is 30.9. The third-order valence-electron chi connectivity index (χ3n) is 7.27. The monoisotopic (exact) mass is 589 g/mol. The van der Waals surface area contributed by atoms with E-state index in [0.29, 0.717) is 12.8 Å². The van der Waals surface area contributed by atoms with Crippen molar-refractivity contribution in [1.82, 2.24) is 5.32 Å². The first kappa shape index (κ1) is 39.6. The van der Waals surface area contributed by atoms with Crippen molar-refractivity contribution in [2.45, 2.75) is 168 Å². The van der Waals surface area contributed by atoms with Crippen LogP contribution >= 0.6 is 0 Å². The Morgan fingerprint density at radius 1 is 0.643 bits per heavy atom. The molecule has 0 heterocycles. The number of amides is 1. The molecule has 0 bridgehead atoms. The molecular weight excluding hydrogens is 526 g/mol. The second-order valence-corrected chi connectivity index (χ2v) is 11.4. The minimum absolute atomic E-state index is 0.101. The van der Waals surface area contributed by atoms with E-state index in [1.807, 2.05) is 0 Å². The van der Waals surface area contributed by atoms with Crippen molar-refractivity contribution in [3.63, 3.8) is 0 Å². The fourth-order valence-corrected chi connectivity index (χ4v) is 4.69. The molecule has 0 radical (unpaired) electrons. The predicted octanol–water partition coefficient (Wildman–Crippen LogP) is 9.78. The number of hydrogen-bond acceptors (Lipinski definition) is 4. The first-order valence-electron chi connectivity index (χ1n) is 17.1. The first-order valence-corrected chi connectivity index (χ1v) is 17.1. The largest absolute Gasteiger partial charge is 0.480 e. The summed E-state index contributed by atoms with van der Waals surface area (Å²) in [6.07, 6.45) is 37.0. The van der Waals surface area contributed by atoms with Crippen LogP contribution in [-0.4, -0.2) is 35.6 Å². The van der Waals surface area contributed by atoms with Gasteiger partial charge in [-0.3, -0.25) is 14.4 Å². The number of carbonyl (C=O) groups is 3. The summed E-state index contributed by atoms with van der Waals surface area (Å²) < 4.78 is 5.84. The fraction of sp³-hybridized carbons (Fsp3) is 0.750.